The average molecular weight is 248 g/mol. The maximum absolute atomic E-state index is 11.0. The van der Waals surface area contributed by atoms with Crippen molar-refractivity contribution in [2.75, 3.05) is 6.54 Å². The molecule has 0 aliphatic rings. The lowest BCUT2D eigenvalue weighted by Gasteiger charge is -2.03. The molecule has 6 nitrogen and oxygen atoms in total. The van der Waals surface area contributed by atoms with Crippen LogP contribution in [0, 0.1) is 28.9 Å². The van der Waals surface area contributed by atoms with Gasteiger partial charge in [-0.05, 0) is 13.0 Å². The molecule has 0 atom stereocenters. The fourth-order valence-electron chi connectivity index (χ4n) is 1.42. The molecule has 1 aromatic rings. The number of nitrogens with zero attached hydrogens (tertiary/aromatic N) is 1. The van der Waals surface area contributed by atoms with Crippen LogP contribution in [0.2, 0.25) is 0 Å². The Morgan fingerprint density at radius 3 is 2.72 bits per heavy atom. The maximum atomic E-state index is 11.0. The Hall–Kier alpha value is -2.39. The van der Waals surface area contributed by atoms with Crippen LogP contribution in [0.3, 0.4) is 0 Å². The van der Waals surface area contributed by atoms with Gasteiger partial charge in [0.1, 0.15) is 0 Å². The molecule has 0 saturated carbocycles. The van der Waals surface area contributed by atoms with Gasteiger partial charge in [0.05, 0.1) is 10.5 Å². The smallest absolute Gasteiger partial charge is 0.336 e. The molecule has 18 heavy (non-hydrogen) atoms. The largest absolute Gasteiger partial charge is 0.478 e. The van der Waals surface area contributed by atoms with Crippen LogP contribution in [0.5, 0.6) is 0 Å². The van der Waals surface area contributed by atoms with Crippen molar-refractivity contribution >= 4 is 11.7 Å². The van der Waals surface area contributed by atoms with Crippen molar-refractivity contribution in [2.45, 2.75) is 13.3 Å². The quantitative estimate of drug-likeness (QED) is 0.476. The standard InChI is InChI=1S/C12H12N2O4/c1-8-10(12(15)16)6-9(4-2-3-5-13)7-11(8)14(17)18/h6-7H,3,5,13H2,1H3,(H,15,16). The van der Waals surface area contributed by atoms with E-state index in [4.69, 9.17) is 10.8 Å². The molecule has 6 heteroatoms. The highest BCUT2D eigenvalue weighted by molar-refractivity contribution is 5.91. The first-order valence-electron chi connectivity index (χ1n) is 5.18. The number of carboxylic acids is 1. The summed E-state index contributed by atoms with van der Waals surface area (Å²) in [7, 11) is 0. The molecule has 0 aromatic heterocycles. The van der Waals surface area contributed by atoms with Gasteiger partial charge in [0.15, 0.2) is 0 Å². The van der Waals surface area contributed by atoms with Gasteiger partial charge < -0.3 is 10.8 Å². The second-order valence-corrected chi connectivity index (χ2v) is 3.57. The molecule has 1 aromatic carbocycles. The summed E-state index contributed by atoms with van der Waals surface area (Å²) in [6.07, 6.45) is 0.448. The van der Waals surface area contributed by atoms with Crippen molar-refractivity contribution in [3.05, 3.63) is 38.9 Å². The van der Waals surface area contributed by atoms with E-state index in [9.17, 15) is 14.9 Å². The number of benzene rings is 1. The number of nitrogens with two attached hydrogens (primary N) is 1. The van der Waals surface area contributed by atoms with E-state index in [-0.39, 0.29) is 16.8 Å². The maximum Gasteiger partial charge on any atom is 0.336 e. The van der Waals surface area contributed by atoms with Gasteiger partial charge in [0.2, 0.25) is 0 Å². The number of carbonyl (C=O) groups is 1. The first-order valence-corrected chi connectivity index (χ1v) is 5.18. The zero-order valence-electron chi connectivity index (χ0n) is 9.77. The van der Waals surface area contributed by atoms with Crippen LogP contribution < -0.4 is 5.73 Å². The molecule has 0 radical (unpaired) electrons. The number of carboxylic acid groups (broad SMARTS) is 1. The van der Waals surface area contributed by atoms with Gasteiger partial charge in [-0.15, -0.1) is 0 Å². The van der Waals surface area contributed by atoms with E-state index >= 15 is 0 Å². The Morgan fingerprint density at radius 2 is 2.22 bits per heavy atom. The summed E-state index contributed by atoms with van der Waals surface area (Å²) in [5.74, 6) is 4.17. The van der Waals surface area contributed by atoms with E-state index in [1.165, 1.54) is 19.1 Å². The van der Waals surface area contributed by atoms with Gasteiger partial charge in [-0.1, -0.05) is 11.8 Å². The molecule has 0 aliphatic carbocycles. The summed E-state index contributed by atoms with van der Waals surface area (Å²) in [4.78, 5) is 21.2. The van der Waals surface area contributed by atoms with Gasteiger partial charge >= 0.3 is 5.97 Å². The monoisotopic (exact) mass is 248 g/mol. The molecule has 0 unspecified atom stereocenters. The molecule has 0 heterocycles. The predicted octanol–water partition coefficient (Wildman–Crippen LogP) is 1.30. The van der Waals surface area contributed by atoms with Crippen molar-refractivity contribution in [1.29, 1.82) is 0 Å². The normalized spacial score (nSPS) is 9.44. The number of nitro benzene ring substituents is 1. The Bertz CT molecular complexity index is 520. The third-order valence-electron chi connectivity index (χ3n) is 2.31. The number of hydrogen-bond donors (Lipinski definition) is 2. The molecule has 1 rings (SSSR count). The SMILES string of the molecule is Cc1c(C(=O)O)cc(C#CCCN)cc1[N+](=O)[O-]. The second-order valence-electron chi connectivity index (χ2n) is 3.57. The highest BCUT2D eigenvalue weighted by Gasteiger charge is 2.19. The lowest BCUT2D eigenvalue weighted by molar-refractivity contribution is -0.385. The fourth-order valence-corrected chi connectivity index (χ4v) is 1.42. The van der Waals surface area contributed by atoms with Crippen molar-refractivity contribution in [2.24, 2.45) is 5.73 Å². The highest BCUT2D eigenvalue weighted by Crippen LogP contribution is 2.23. The first-order chi connectivity index (χ1) is 8.47. The van der Waals surface area contributed by atoms with E-state index < -0.39 is 10.9 Å². The minimum absolute atomic E-state index is 0.110. The lowest BCUT2D eigenvalue weighted by Crippen LogP contribution is -2.04. The van der Waals surface area contributed by atoms with E-state index in [1.807, 2.05) is 0 Å². The second kappa shape index (κ2) is 5.80. The minimum Gasteiger partial charge on any atom is -0.478 e. The van der Waals surface area contributed by atoms with Crippen LogP contribution in [0.15, 0.2) is 12.1 Å². The summed E-state index contributed by atoms with van der Waals surface area (Å²) >= 11 is 0. The number of rotatable bonds is 3. The van der Waals surface area contributed by atoms with Gasteiger partial charge in [-0.25, -0.2) is 4.79 Å². The molecular weight excluding hydrogens is 236 g/mol. The van der Waals surface area contributed by atoms with E-state index in [0.717, 1.165) is 0 Å². The van der Waals surface area contributed by atoms with Gasteiger partial charge in [0, 0.05) is 30.2 Å². The summed E-state index contributed by atoms with van der Waals surface area (Å²) in [6, 6.07) is 2.60. The highest BCUT2D eigenvalue weighted by atomic mass is 16.6. The third kappa shape index (κ3) is 3.06. The Morgan fingerprint density at radius 1 is 1.56 bits per heavy atom. The van der Waals surface area contributed by atoms with Gasteiger partial charge in [0.25, 0.3) is 5.69 Å². The number of aromatic carboxylic acids is 1. The summed E-state index contributed by atoms with van der Waals surface area (Å²) in [6.45, 7) is 1.78. The molecule has 0 saturated heterocycles. The lowest BCUT2D eigenvalue weighted by atomic mass is 10.0. The number of hydrogen-bond acceptors (Lipinski definition) is 4. The van der Waals surface area contributed by atoms with Crippen LogP contribution in [-0.4, -0.2) is 22.5 Å². The molecule has 0 amide bonds. The molecule has 0 fully saturated rings. The van der Waals surface area contributed by atoms with Crippen molar-refractivity contribution < 1.29 is 14.8 Å². The minimum atomic E-state index is -1.21. The summed E-state index contributed by atoms with van der Waals surface area (Å²) < 4.78 is 0. The van der Waals surface area contributed by atoms with Crippen molar-refractivity contribution in [3.8, 4) is 11.8 Å². The third-order valence-corrected chi connectivity index (χ3v) is 2.31. The van der Waals surface area contributed by atoms with E-state index in [1.54, 1.807) is 0 Å². The van der Waals surface area contributed by atoms with Crippen LogP contribution in [-0.2, 0) is 0 Å². The molecule has 3 N–H and O–H groups in total. The Balaban J connectivity index is 3.35. The van der Waals surface area contributed by atoms with Crippen LogP contribution in [0.1, 0.15) is 27.9 Å². The van der Waals surface area contributed by atoms with Crippen molar-refractivity contribution in [1.82, 2.24) is 0 Å². The zero-order chi connectivity index (χ0) is 13.7. The van der Waals surface area contributed by atoms with Gasteiger partial charge in [-0.3, -0.25) is 10.1 Å². The molecule has 0 spiro atoms. The Kier molecular flexibility index (Phi) is 4.40. The summed E-state index contributed by atoms with van der Waals surface area (Å²) in [5.41, 5.74) is 5.34. The molecule has 0 aliphatic heterocycles. The van der Waals surface area contributed by atoms with Gasteiger partial charge in [-0.2, -0.15) is 0 Å². The van der Waals surface area contributed by atoms with Crippen LogP contribution in [0.25, 0.3) is 0 Å². The molecule has 0 bridgehead atoms. The zero-order valence-corrected chi connectivity index (χ0v) is 9.77. The molecular formula is C12H12N2O4. The Labute approximate surface area is 104 Å². The van der Waals surface area contributed by atoms with E-state index in [2.05, 4.69) is 11.8 Å². The number of nitro groups is 1. The van der Waals surface area contributed by atoms with Crippen molar-refractivity contribution in [3.63, 3.8) is 0 Å². The van der Waals surface area contributed by atoms with Crippen LogP contribution >= 0.6 is 0 Å². The average Bonchev–Trinajstić information content (AvgIpc) is 2.30. The topological polar surface area (TPSA) is 106 Å². The first kappa shape index (κ1) is 13.7. The van der Waals surface area contributed by atoms with E-state index in [0.29, 0.717) is 18.5 Å². The fraction of sp³-hybridized carbons (Fsp3) is 0.250. The predicted molar refractivity (Wildman–Crippen MR) is 65.3 cm³/mol. The van der Waals surface area contributed by atoms with Crippen LogP contribution in [0.4, 0.5) is 5.69 Å². The summed E-state index contributed by atoms with van der Waals surface area (Å²) in [5, 5.41) is 19.8. The molecule has 94 valence electrons.